The molecule has 0 bridgehead atoms. The molecule has 6 nitrogen and oxygen atoms in total. The molecule has 2 aromatic heterocycles. The SMILES string of the molecule is CCCCCc1nc([C@@H](N)CO)n(-c2cccc(C)n2)n1. The third kappa shape index (κ3) is 3.86. The number of aromatic nitrogens is 4. The highest BCUT2D eigenvalue weighted by atomic mass is 16.3. The maximum atomic E-state index is 9.31. The summed E-state index contributed by atoms with van der Waals surface area (Å²) in [4.78, 5) is 8.94. The molecule has 2 rings (SSSR count). The summed E-state index contributed by atoms with van der Waals surface area (Å²) >= 11 is 0. The summed E-state index contributed by atoms with van der Waals surface area (Å²) in [7, 11) is 0. The number of nitrogens with two attached hydrogens (primary N) is 1. The molecule has 2 aromatic rings. The maximum Gasteiger partial charge on any atom is 0.155 e. The molecule has 2 heterocycles. The second-order valence-corrected chi connectivity index (χ2v) is 5.18. The Morgan fingerprint density at radius 2 is 2.10 bits per heavy atom. The van der Waals surface area contributed by atoms with E-state index >= 15 is 0 Å². The van der Waals surface area contributed by atoms with Gasteiger partial charge in [0.25, 0.3) is 0 Å². The van der Waals surface area contributed by atoms with Gasteiger partial charge in [-0.15, -0.1) is 5.10 Å². The van der Waals surface area contributed by atoms with Gasteiger partial charge in [0.2, 0.25) is 0 Å². The molecule has 0 aliphatic heterocycles. The van der Waals surface area contributed by atoms with Crippen molar-refractivity contribution in [2.75, 3.05) is 6.61 Å². The minimum Gasteiger partial charge on any atom is -0.394 e. The standard InChI is InChI=1S/C15H23N5O/c1-3-4-5-8-13-18-15(12(16)10-21)20(19-13)14-9-6-7-11(2)17-14/h6-7,9,12,21H,3-5,8,10,16H2,1-2H3/t12-/m0/s1. The van der Waals surface area contributed by atoms with Gasteiger partial charge in [-0.25, -0.2) is 9.97 Å². The van der Waals surface area contributed by atoms with E-state index in [1.165, 1.54) is 0 Å². The molecule has 0 radical (unpaired) electrons. The number of aliphatic hydroxyl groups is 1. The molecule has 0 saturated heterocycles. The van der Waals surface area contributed by atoms with Crippen LogP contribution in [-0.2, 0) is 6.42 Å². The Kier molecular flexibility index (Phi) is 5.41. The average molecular weight is 289 g/mol. The lowest BCUT2D eigenvalue weighted by atomic mass is 10.2. The van der Waals surface area contributed by atoms with Gasteiger partial charge in [0.05, 0.1) is 12.6 Å². The highest BCUT2D eigenvalue weighted by molar-refractivity contribution is 5.25. The van der Waals surface area contributed by atoms with Gasteiger partial charge < -0.3 is 10.8 Å². The molecule has 0 aromatic carbocycles. The zero-order valence-corrected chi connectivity index (χ0v) is 12.7. The van der Waals surface area contributed by atoms with Gasteiger partial charge in [-0.2, -0.15) is 4.68 Å². The predicted octanol–water partition coefficient (Wildman–Crippen LogP) is 1.70. The third-order valence-electron chi connectivity index (χ3n) is 3.30. The average Bonchev–Trinajstić information content (AvgIpc) is 2.91. The normalized spacial score (nSPS) is 12.6. The van der Waals surface area contributed by atoms with Crippen molar-refractivity contribution in [3.8, 4) is 5.82 Å². The van der Waals surface area contributed by atoms with Crippen molar-refractivity contribution in [3.63, 3.8) is 0 Å². The van der Waals surface area contributed by atoms with E-state index in [9.17, 15) is 5.11 Å². The van der Waals surface area contributed by atoms with E-state index < -0.39 is 6.04 Å². The fraction of sp³-hybridized carbons (Fsp3) is 0.533. The highest BCUT2D eigenvalue weighted by Gasteiger charge is 2.18. The lowest BCUT2D eigenvalue weighted by Gasteiger charge is -2.09. The lowest BCUT2D eigenvalue weighted by molar-refractivity contribution is 0.262. The Balaban J connectivity index is 2.33. The van der Waals surface area contributed by atoms with Crippen molar-refractivity contribution in [2.45, 2.75) is 45.6 Å². The van der Waals surface area contributed by atoms with Crippen molar-refractivity contribution in [2.24, 2.45) is 5.73 Å². The highest BCUT2D eigenvalue weighted by Crippen LogP contribution is 2.15. The van der Waals surface area contributed by atoms with E-state index in [4.69, 9.17) is 5.73 Å². The van der Waals surface area contributed by atoms with Crippen LogP contribution in [0, 0.1) is 6.92 Å². The Morgan fingerprint density at radius 3 is 2.76 bits per heavy atom. The van der Waals surface area contributed by atoms with Crippen LogP contribution in [0.25, 0.3) is 5.82 Å². The lowest BCUT2D eigenvalue weighted by Crippen LogP contribution is -2.20. The maximum absolute atomic E-state index is 9.31. The Morgan fingerprint density at radius 1 is 1.29 bits per heavy atom. The summed E-state index contributed by atoms with van der Waals surface area (Å²) in [5.41, 5.74) is 6.84. The van der Waals surface area contributed by atoms with Gasteiger partial charge in [0.1, 0.15) is 0 Å². The van der Waals surface area contributed by atoms with E-state index in [2.05, 4.69) is 22.0 Å². The fourth-order valence-corrected chi connectivity index (χ4v) is 2.14. The van der Waals surface area contributed by atoms with Crippen molar-refractivity contribution in [1.29, 1.82) is 0 Å². The second kappa shape index (κ2) is 7.28. The van der Waals surface area contributed by atoms with E-state index in [-0.39, 0.29) is 6.61 Å². The minimum atomic E-state index is -0.556. The number of pyridine rings is 1. The number of unbranched alkanes of at least 4 members (excludes halogenated alkanes) is 2. The summed E-state index contributed by atoms with van der Waals surface area (Å²) in [6.45, 7) is 3.92. The molecule has 0 aliphatic rings. The van der Waals surface area contributed by atoms with Crippen molar-refractivity contribution in [1.82, 2.24) is 19.7 Å². The van der Waals surface area contributed by atoms with E-state index in [0.29, 0.717) is 11.6 Å². The molecular weight excluding hydrogens is 266 g/mol. The Bertz CT molecular complexity index is 581. The predicted molar refractivity (Wildman–Crippen MR) is 81.1 cm³/mol. The first-order valence-electron chi connectivity index (χ1n) is 7.42. The van der Waals surface area contributed by atoms with Gasteiger partial charge in [-0.3, -0.25) is 0 Å². The number of hydrogen-bond acceptors (Lipinski definition) is 5. The van der Waals surface area contributed by atoms with Crippen LogP contribution in [-0.4, -0.2) is 31.5 Å². The molecule has 3 N–H and O–H groups in total. The first kappa shape index (κ1) is 15.6. The monoisotopic (exact) mass is 289 g/mol. The zero-order chi connectivity index (χ0) is 15.2. The van der Waals surface area contributed by atoms with Crippen LogP contribution in [0.15, 0.2) is 18.2 Å². The zero-order valence-electron chi connectivity index (χ0n) is 12.7. The molecule has 21 heavy (non-hydrogen) atoms. The van der Waals surface area contributed by atoms with Crippen LogP contribution in [0.5, 0.6) is 0 Å². The topological polar surface area (TPSA) is 89.8 Å². The molecule has 0 amide bonds. The number of rotatable bonds is 7. The number of aryl methyl sites for hydroxylation is 2. The smallest absolute Gasteiger partial charge is 0.155 e. The number of aliphatic hydroxyl groups excluding tert-OH is 1. The molecule has 0 aliphatic carbocycles. The van der Waals surface area contributed by atoms with Gasteiger partial charge in [0, 0.05) is 12.1 Å². The Hall–Kier alpha value is -1.79. The molecule has 0 spiro atoms. The molecule has 0 saturated carbocycles. The fourth-order valence-electron chi connectivity index (χ4n) is 2.14. The quantitative estimate of drug-likeness (QED) is 0.757. The first-order chi connectivity index (χ1) is 10.2. The van der Waals surface area contributed by atoms with Crippen molar-refractivity contribution >= 4 is 0 Å². The second-order valence-electron chi connectivity index (χ2n) is 5.18. The molecule has 114 valence electrons. The van der Waals surface area contributed by atoms with Gasteiger partial charge in [-0.1, -0.05) is 25.8 Å². The van der Waals surface area contributed by atoms with E-state index in [1.54, 1.807) is 4.68 Å². The molecule has 6 heteroatoms. The number of nitrogens with zero attached hydrogens (tertiary/aromatic N) is 4. The summed E-state index contributed by atoms with van der Waals surface area (Å²) in [5, 5.41) is 13.8. The van der Waals surface area contributed by atoms with Gasteiger partial charge in [-0.05, 0) is 25.5 Å². The van der Waals surface area contributed by atoms with Gasteiger partial charge >= 0.3 is 0 Å². The molecule has 0 unspecified atom stereocenters. The van der Waals surface area contributed by atoms with Crippen LogP contribution in [0.2, 0.25) is 0 Å². The summed E-state index contributed by atoms with van der Waals surface area (Å²) in [6.07, 6.45) is 4.18. The third-order valence-corrected chi connectivity index (χ3v) is 3.30. The van der Waals surface area contributed by atoms with E-state index in [1.807, 2.05) is 25.1 Å². The van der Waals surface area contributed by atoms with E-state index in [0.717, 1.165) is 37.2 Å². The van der Waals surface area contributed by atoms with Crippen LogP contribution in [0.4, 0.5) is 0 Å². The molecule has 1 atom stereocenters. The van der Waals surface area contributed by atoms with Crippen molar-refractivity contribution < 1.29 is 5.11 Å². The molecule has 0 fully saturated rings. The summed E-state index contributed by atoms with van der Waals surface area (Å²) < 4.78 is 1.65. The Labute approximate surface area is 125 Å². The first-order valence-corrected chi connectivity index (χ1v) is 7.42. The van der Waals surface area contributed by atoms with Crippen molar-refractivity contribution in [3.05, 3.63) is 35.5 Å². The molecular formula is C15H23N5O. The van der Waals surface area contributed by atoms with Crippen LogP contribution < -0.4 is 5.73 Å². The van der Waals surface area contributed by atoms with Crippen LogP contribution in [0.1, 0.15) is 49.6 Å². The minimum absolute atomic E-state index is 0.168. The summed E-state index contributed by atoms with van der Waals surface area (Å²) in [5.74, 6) is 2.00. The largest absolute Gasteiger partial charge is 0.394 e. The number of hydrogen-bond donors (Lipinski definition) is 2. The summed E-state index contributed by atoms with van der Waals surface area (Å²) in [6, 6.07) is 5.16. The van der Waals surface area contributed by atoms with Gasteiger partial charge in [0.15, 0.2) is 17.5 Å². The van der Waals surface area contributed by atoms with Crippen LogP contribution in [0.3, 0.4) is 0 Å². The van der Waals surface area contributed by atoms with Crippen LogP contribution >= 0.6 is 0 Å².